The molecule has 1 N–H and O–H groups in total. The number of hydrogen-bond acceptors (Lipinski definition) is 3. The summed E-state index contributed by atoms with van der Waals surface area (Å²) in [7, 11) is 0. The number of carboxylic acids is 1. The quantitative estimate of drug-likeness (QED) is 0.853. The highest BCUT2D eigenvalue weighted by Crippen LogP contribution is 2.23. The molecular weight excluding hydrogens is 350 g/mol. The first-order chi connectivity index (χ1) is 10.5. The second kappa shape index (κ2) is 7.26. The monoisotopic (exact) mass is 365 g/mol. The molecule has 0 saturated carbocycles. The molecule has 2 rings (SSSR count). The minimum Gasteiger partial charge on any atom is -0.487 e. The normalized spacial score (nSPS) is 11.9. The van der Waals surface area contributed by atoms with Gasteiger partial charge in [0.25, 0.3) is 5.56 Å². The van der Waals surface area contributed by atoms with Crippen LogP contribution in [0, 0.1) is 0 Å². The molecule has 5 nitrogen and oxygen atoms in total. The van der Waals surface area contributed by atoms with Gasteiger partial charge in [0.2, 0.25) is 0 Å². The molecule has 2 aromatic rings. The van der Waals surface area contributed by atoms with Gasteiger partial charge >= 0.3 is 5.97 Å². The molecule has 1 aromatic heterocycles. The van der Waals surface area contributed by atoms with E-state index in [0.29, 0.717) is 18.8 Å². The Kier molecular flexibility index (Phi) is 5.38. The second-order valence-electron chi connectivity index (χ2n) is 4.74. The number of pyridine rings is 1. The van der Waals surface area contributed by atoms with Gasteiger partial charge in [-0.2, -0.15) is 0 Å². The topological polar surface area (TPSA) is 68.5 Å². The van der Waals surface area contributed by atoms with E-state index in [1.54, 1.807) is 13.0 Å². The number of nitrogens with zero attached hydrogens (tertiary/aromatic N) is 1. The smallest absolute Gasteiger partial charge is 0.326 e. The number of carbonyl (C=O) groups is 1. The van der Waals surface area contributed by atoms with Crippen molar-refractivity contribution in [2.24, 2.45) is 0 Å². The number of aromatic nitrogens is 1. The average molecular weight is 366 g/mol. The minimum atomic E-state index is -1.03. The van der Waals surface area contributed by atoms with E-state index < -0.39 is 17.6 Å². The third kappa shape index (κ3) is 3.57. The Bertz CT molecular complexity index is 712. The summed E-state index contributed by atoms with van der Waals surface area (Å²) >= 11 is 3.20. The van der Waals surface area contributed by atoms with Crippen molar-refractivity contribution in [3.8, 4) is 5.75 Å². The molecule has 0 spiro atoms. The first kappa shape index (κ1) is 16.3. The Labute approximate surface area is 136 Å². The van der Waals surface area contributed by atoms with Crippen LogP contribution in [-0.4, -0.2) is 15.6 Å². The van der Waals surface area contributed by atoms with Crippen LogP contribution < -0.4 is 10.3 Å². The highest BCUT2D eigenvalue weighted by molar-refractivity contribution is 9.10. The van der Waals surface area contributed by atoms with E-state index in [4.69, 9.17) is 9.84 Å². The summed E-state index contributed by atoms with van der Waals surface area (Å²) in [6.07, 6.45) is 1.78. The first-order valence-corrected chi connectivity index (χ1v) is 7.64. The average Bonchev–Trinajstić information content (AvgIpc) is 2.52. The maximum absolute atomic E-state index is 12.3. The molecular formula is C16H16BrNO4. The molecule has 6 heteroatoms. The van der Waals surface area contributed by atoms with E-state index in [1.807, 2.05) is 30.3 Å². The number of benzene rings is 1. The summed E-state index contributed by atoms with van der Waals surface area (Å²) in [6, 6.07) is 10.3. The van der Waals surface area contributed by atoms with Crippen LogP contribution in [0.5, 0.6) is 5.75 Å². The predicted octanol–water partition coefficient (Wildman–Crippen LogP) is 3.23. The molecule has 1 heterocycles. The fourth-order valence-corrected chi connectivity index (χ4v) is 2.54. The Morgan fingerprint density at radius 2 is 2.00 bits per heavy atom. The van der Waals surface area contributed by atoms with Gasteiger partial charge in [-0.25, -0.2) is 4.79 Å². The molecule has 0 aliphatic rings. The largest absolute Gasteiger partial charge is 0.487 e. The van der Waals surface area contributed by atoms with E-state index >= 15 is 0 Å². The molecule has 1 aromatic carbocycles. The molecule has 0 amide bonds. The molecule has 0 saturated heterocycles. The third-order valence-corrected chi connectivity index (χ3v) is 4.00. The molecule has 0 radical (unpaired) electrons. The van der Waals surface area contributed by atoms with Crippen LogP contribution in [0.3, 0.4) is 0 Å². The van der Waals surface area contributed by atoms with Crippen LogP contribution in [0.1, 0.15) is 24.9 Å². The Morgan fingerprint density at radius 3 is 2.59 bits per heavy atom. The van der Waals surface area contributed by atoms with Gasteiger partial charge in [-0.3, -0.25) is 4.79 Å². The molecule has 22 heavy (non-hydrogen) atoms. The van der Waals surface area contributed by atoms with E-state index in [2.05, 4.69) is 15.9 Å². The number of aliphatic carboxylic acids is 1. The van der Waals surface area contributed by atoms with E-state index in [-0.39, 0.29) is 4.47 Å². The van der Waals surface area contributed by atoms with Gasteiger partial charge in [-0.1, -0.05) is 37.3 Å². The van der Waals surface area contributed by atoms with Crippen molar-refractivity contribution in [2.45, 2.75) is 26.0 Å². The Morgan fingerprint density at radius 1 is 1.32 bits per heavy atom. The number of halogens is 1. The summed E-state index contributed by atoms with van der Waals surface area (Å²) in [5, 5.41) is 9.16. The van der Waals surface area contributed by atoms with Crippen molar-refractivity contribution in [1.29, 1.82) is 0 Å². The van der Waals surface area contributed by atoms with Crippen LogP contribution in [0.4, 0.5) is 0 Å². The standard InChI is InChI=1S/C16H16BrNO4/c1-2-12(16(20)21)18-9-8-13(14(17)15(18)19)22-10-11-6-4-3-5-7-11/h3-9,12H,2,10H2,1H3,(H,20,21). The van der Waals surface area contributed by atoms with Crippen LogP contribution >= 0.6 is 15.9 Å². The number of ether oxygens (including phenoxy) is 1. The summed E-state index contributed by atoms with van der Waals surface area (Å²) in [5.74, 6) is -0.639. The zero-order valence-corrected chi connectivity index (χ0v) is 13.6. The van der Waals surface area contributed by atoms with Crippen molar-refractivity contribution in [2.75, 3.05) is 0 Å². The highest BCUT2D eigenvalue weighted by Gasteiger charge is 2.20. The highest BCUT2D eigenvalue weighted by atomic mass is 79.9. The lowest BCUT2D eigenvalue weighted by Crippen LogP contribution is -2.29. The SMILES string of the molecule is CCC(C(=O)O)n1ccc(OCc2ccccc2)c(Br)c1=O. The van der Waals surface area contributed by atoms with Gasteiger partial charge < -0.3 is 14.4 Å². The first-order valence-electron chi connectivity index (χ1n) is 6.84. The fourth-order valence-electron chi connectivity index (χ4n) is 2.09. The zero-order valence-electron chi connectivity index (χ0n) is 12.0. The third-order valence-electron chi connectivity index (χ3n) is 3.27. The van der Waals surface area contributed by atoms with Gasteiger partial charge in [0, 0.05) is 6.20 Å². The van der Waals surface area contributed by atoms with Gasteiger partial charge in [0.15, 0.2) is 0 Å². The van der Waals surface area contributed by atoms with Gasteiger partial charge in [0.1, 0.15) is 22.9 Å². The molecule has 0 aliphatic carbocycles. The summed E-state index contributed by atoms with van der Waals surface area (Å²) in [5.41, 5.74) is 0.565. The number of hydrogen-bond donors (Lipinski definition) is 1. The Hall–Kier alpha value is -2.08. The number of rotatable bonds is 6. The molecule has 0 bridgehead atoms. The van der Waals surface area contributed by atoms with Gasteiger partial charge in [0.05, 0.1) is 0 Å². The molecule has 0 fully saturated rings. The maximum Gasteiger partial charge on any atom is 0.326 e. The summed E-state index contributed by atoms with van der Waals surface area (Å²) in [6.45, 7) is 2.05. The van der Waals surface area contributed by atoms with Crippen LogP contribution in [0.25, 0.3) is 0 Å². The minimum absolute atomic E-state index is 0.227. The van der Waals surface area contributed by atoms with E-state index in [0.717, 1.165) is 5.56 Å². The maximum atomic E-state index is 12.3. The zero-order chi connectivity index (χ0) is 16.1. The summed E-state index contributed by atoms with van der Waals surface area (Å²) in [4.78, 5) is 23.5. The molecule has 1 unspecified atom stereocenters. The van der Waals surface area contributed by atoms with Crippen LogP contribution in [-0.2, 0) is 11.4 Å². The predicted molar refractivity (Wildman–Crippen MR) is 86.1 cm³/mol. The van der Waals surface area contributed by atoms with Crippen molar-refractivity contribution in [3.05, 3.63) is 63.0 Å². The van der Waals surface area contributed by atoms with Gasteiger partial charge in [-0.05, 0) is 34.0 Å². The molecule has 0 aliphatic heterocycles. The van der Waals surface area contributed by atoms with Crippen LogP contribution in [0.2, 0.25) is 0 Å². The van der Waals surface area contributed by atoms with Gasteiger partial charge in [-0.15, -0.1) is 0 Å². The number of carboxylic acid groups (broad SMARTS) is 1. The fraction of sp³-hybridized carbons (Fsp3) is 0.250. The van der Waals surface area contributed by atoms with Crippen molar-refractivity contribution >= 4 is 21.9 Å². The molecule has 1 atom stereocenters. The second-order valence-corrected chi connectivity index (χ2v) is 5.54. The lowest BCUT2D eigenvalue weighted by molar-refractivity contribution is -0.141. The van der Waals surface area contributed by atoms with Crippen molar-refractivity contribution in [1.82, 2.24) is 4.57 Å². The van der Waals surface area contributed by atoms with E-state index in [1.165, 1.54) is 10.8 Å². The Balaban J connectivity index is 2.23. The molecule has 116 valence electrons. The lowest BCUT2D eigenvalue weighted by atomic mass is 10.2. The summed E-state index contributed by atoms with van der Waals surface area (Å²) < 4.78 is 7.05. The van der Waals surface area contributed by atoms with Crippen molar-refractivity contribution < 1.29 is 14.6 Å². The van der Waals surface area contributed by atoms with Crippen molar-refractivity contribution in [3.63, 3.8) is 0 Å². The van der Waals surface area contributed by atoms with E-state index in [9.17, 15) is 9.59 Å². The van der Waals surface area contributed by atoms with Crippen LogP contribution in [0.15, 0.2) is 51.9 Å². The lowest BCUT2D eigenvalue weighted by Gasteiger charge is -2.15.